The van der Waals surface area contributed by atoms with E-state index in [-0.39, 0.29) is 0 Å². The first-order valence-corrected chi connectivity index (χ1v) is 5.32. The summed E-state index contributed by atoms with van der Waals surface area (Å²) in [7, 11) is 0. The highest BCUT2D eigenvalue weighted by Gasteiger charge is 2.01. The lowest BCUT2D eigenvalue weighted by Crippen LogP contribution is -1.95. The molecule has 4 heteroatoms. The minimum atomic E-state index is 0.726. The number of hydrogen-bond donors (Lipinski definition) is 1. The second-order valence-electron chi connectivity index (χ2n) is 3.61. The van der Waals surface area contributed by atoms with Crippen LogP contribution in [0.2, 0.25) is 0 Å². The van der Waals surface area contributed by atoms with E-state index in [9.17, 15) is 0 Å². The first-order valence-electron chi connectivity index (χ1n) is 5.32. The van der Waals surface area contributed by atoms with Gasteiger partial charge in [0, 0.05) is 17.8 Å². The fourth-order valence-corrected chi connectivity index (χ4v) is 1.71. The molecule has 0 aliphatic heterocycles. The molecule has 0 spiro atoms. The fraction of sp³-hybridized carbons (Fsp3) is 0. The summed E-state index contributed by atoms with van der Waals surface area (Å²) in [5, 5.41) is 12.1. The number of nitrogens with one attached hydrogen (secondary N) is 1. The maximum absolute atomic E-state index is 4.31. The number of pyridine rings is 1. The molecule has 0 saturated heterocycles. The quantitative estimate of drug-likeness (QED) is 0.724. The van der Waals surface area contributed by atoms with E-state index in [1.54, 1.807) is 12.4 Å². The Morgan fingerprint density at radius 3 is 2.71 bits per heavy atom. The number of para-hydroxylation sites is 1. The van der Waals surface area contributed by atoms with E-state index in [1.807, 2.05) is 42.5 Å². The molecule has 1 N–H and O–H groups in total. The lowest BCUT2D eigenvalue weighted by molar-refractivity contribution is 1.04. The first kappa shape index (κ1) is 9.72. The van der Waals surface area contributed by atoms with Gasteiger partial charge in [-0.3, -0.25) is 4.98 Å². The highest BCUT2D eigenvalue weighted by Crippen LogP contribution is 2.23. The summed E-state index contributed by atoms with van der Waals surface area (Å²) in [5.41, 5.74) is 1.94. The van der Waals surface area contributed by atoms with Gasteiger partial charge in [-0.15, -0.1) is 5.10 Å². The second-order valence-corrected chi connectivity index (χ2v) is 3.61. The van der Waals surface area contributed by atoms with Gasteiger partial charge in [0.25, 0.3) is 0 Å². The van der Waals surface area contributed by atoms with Crippen LogP contribution in [-0.4, -0.2) is 15.2 Å². The van der Waals surface area contributed by atoms with Crippen molar-refractivity contribution in [3.63, 3.8) is 0 Å². The Bertz CT molecular complexity index is 632. The number of benzene rings is 1. The van der Waals surface area contributed by atoms with Crippen LogP contribution in [-0.2, 0) is 0 Å². The van der Waals surface area contributed by atoms with Gasteiger partial charge >= 0.3 is 0 Å². The first-order chi connectivity index (χ1) is 8.43. The number of fused-ring (bicyclic) bond motifs is 1. The number of aromatic nitrogens is 3. The molecule has 0 aliphatic rings. The highest BCUT2D eigenvalue weighted by molar-refractivity contribution is 5.92. The van der Waals surface area contributed by atoms with Crippen molar-refractivity contribution in [3.8, 4) is 0 Å². The van der Waals surface area contributed by atoms with Crippen molar-refractivity contribution in [1.82, 2.24) is 15.2 Å². The van der Waals surface area contributed by atoms with E-state index in [0.29, 0.717) is 0 Å². The van der Waals surface area contributed by atoms with Crippen LogP contribution < -0.4 is 5.32 Å². The molecule has 17 heavy (non-hydrogen) atoms. The number of rotatable bonds is 2. The average Bonchev–Trinajstić information content (AvgIpc) is 2.40. The van der Waals surface area contributed by atoms with Crippen molar-refractivity contribution in [2.75, 3.05) is 5.32 Å². The lowest BCUT2D eigenvalue weighted by atomic mass is 10.2. The summed E-state index contributed by atoms with van der Waals surface area (Å²) >= 11 is 0. The Balaban J connectivity index is 2.06. The number of anilines is 2. The van der Waals surface area contributed by atoms with Gasteiger partial charge in [0.1, 0.15) is 0 Å². The average molecular weight is 222 g/mol. The van der Waals surface area contributed by atoms with Crippen molar-refractivity contribution >= 4 is 22.4 Å². The van der Waals surface area contributed by atoms with Crippen LogP contribution in [0.1, 0.15) is 0 Å². The molecule has 0 radical (unpaired) electrons. The summed E-state index contributed by atoms with van der Waals surface area (Å²) in [6.45, 7) is 0. The monoisotopic (exact) mass is 222 g/mol. The van der Waals surface area contributed by atoms with Gasteiger partial charge in [-0.25, -0.2) is 0 Å². The van der Waals surface area contributed by atoms with Crippen LogP contribution >= 0.6 is 0 Å². The zero-order valence-electron chi connectivity index (χ0n) is 9.04. The van der Waals surface area contributed by atoms with Crippen LogP contribution in [0.15, 0.2) is 54.9 Å². The van der Waals surface area contributed by atoms with Crippen LogP contribution in [0.5, 0.6) is 0 Å². The minimum absolute atomic E-state index is 0.726. The van der Waals surface area contributed by atoms with Crippen molar-refractivity contribution < 1.29 is 0 Å². The van der Waals surface area contributed by atoms with Crippen LogP contribution in [0.25, 0.3) is 10.9 Å². The molecular weight excluding hydrogens is 212 g/mol. The molecule has 0 fully saturated rings. The van der Waals surface area contributed by atoms with Crippen molar-refractivity contribution in [1.29, 1.82) is 0 Å². The van der Waals surface area contributed by atoms with Crippen molar-refractivity contribution in [3.05, 3.63) is 54.9 Å². The highest BCUT2D eigenvalue weighted by atomic mass is 15.2. The molecular formula is C13H10N4. The Morgan fingerprint density at radius 2 is 1.82 bits per heavy atom. The maximum atomic E-state index is 4.31. The smallest absolute Gasteiger partial charge is 0.153 e. The van der Waals surface area contributed by atoms with E-state index < -0.39 is 0 Å². The number of hydrogen-bond acceptors (Lipinski definition) is 4. The normalized spacial score (nSPS) is 10.4. The fourth-order valence-electron chi connectivity index (χ4n) is 1.71. The Kier molecular flexibility index (Phi) is 2.38. The topological polar surface area (TPSA) is 50.7 Å². The zero-order valence-corrected chi connectivity index (χ0v) is 9.04. The Morgan fingerprint density at radius 1 is 0.882 bits per heavy atom. The Hall–Kier alpha value is -2.49. The van der Waals surface area contributed by atoms with Gasteiger partial charge in [0.15, 0.2) is 5.82 Å². The van der Waals surface area contributed by atoms with Gasteiger partial charge in [-0.05, 0) is 24.3 Å². The minimum Gasteiger partial charge on any atom is -0.338 e. The number of nitrogens with zero attached hydrogens (tertiary/aromatic N) is 3. The molecule has 2 aromatic heterocycles. The SMILES string of the molecule is c1cnnc(Nc2ccnc3ccccc23)c1. The van der Waals surface area contributed by atoms with Gasteiger partial charge in [-0.2, -0.15) is 5.10 Å². The molecule has 0 atom stereocenters. The van der Waals surface area contributed by atoms with E-state index in [2.05, 4.69) is 20.5 Å². The van der Waals surface area contributed by atoms with Gasteiger partial charge < -0.3 is 5.32 Å². The van der Waals surface area contributed by atoms with E-state index in [0.717, 1.165) is 22.4 Å². The Labute approximate surface area is 98.3 Å². The van der Waals surface area contributed by atoms with Crippen LogP contribution in [0.3, 0.4) is 0 Å². The summed E-state index contributed by atoms with van der Waals surface area (Å²) < 4.78 is 0. The molecule has 0 aliphatic carbocycles. The van der Waals surface area contributed by atoms with Gasteiger partial charge in [0.05, 0.1) is 11.2 Å². The van der Waals surface area contributed by atoms with E-state index in [1.165, 1.54) is 0 Å². The molecule has 0 bridgehead atoms. The van der Waals surface area contributed by atoms with E-state index in [4.69, 9.17) is 0 Å². The third kappa shape index (κ3) is 1.92. The molecule has 1 aromatic carbocycles. The largest absolute Gasteiger partial charge is 0.338 e. The van der Waals surface area contributed by atoms with E-state index >= 15 is 0 Å². The van der Waals surface area contributed by atoms with Gasteiger partial charge in [-0.1, -0.05) is 18.2 Å². The second kappa shape index (κ2) is 4.17. The third-order valence-electron chi connectivity index (χ3n) is 2.48. The van der Waals surface area contributed by atoms with Crippen molar-refractivity contribution in [2.24, 2.45) is 0 Å². The third-order valence-corrected chi connectivity index (χ3v) is 2.48. The lowest BCUT2D eigenvalue weighted by Gasteiger charge is -2.07. The molecule has 0 saturated carbocycles. The molecule has 0 unspecified atom stereocenters. The summed E-state index contributed by atoms with van der Waals surface area (Å²) in [6, 6.07) is 13.6. The van der Waals surface area contributed by atoms with Gasteiger partial charge in [0.2, 0.25) is 0 Å². The summed E-state index contributed by atoms with van der Waals surface area (Å²) in [4.78, 5) is 4.31. The predicted octanol–water partition coefficient (Wildman–Crippen LogP) is 2.77. The molecule has 0 amide bonds. The standard InChI is InChI=1S/C13H10N4/c1-2-5-11-10(4-1)12(7-9-14-11)16-13-6-3-8-15-17-13/h1-9H,(H,14,16,17). The molecule has 2 heterocycles. The zero-order chi connectivity index (χ0) is 11.5. The molecule has 3 aromatic rings. The molecule has 3 rings (SSSR count). The van der Waals surface area contributed by atoms with Crippen molar-refractivity contribution in [2.45, 2.75) is 0 Å². The molecule has 82 valence electrons. The van der Waals surface area contributed by atoms with Crippen LogP contribution in [0, 0.1) is 0 Å². The summed E-state index contributed by atoms with van der Waals surface area (Å²) in [6.07, 6.45) is 3.43. The summed E-state index contributed by atoms with van der Waals surface area (Å²) in [5.74, 6) is 0.726. The molecule has 4 nitrogen and oxygen atoms in total. The maximum Gasteiger partial charge on any atom is 0.153 e. The van der Waals surface area contributed by atoms with Crippen LogP contribution in [0.4, 0.5) is 11.5 Å². The predicted molar refractivity (Wildman–Crippen MR) is 67.1 cm³/mol.